The van der Waals surface area contributed by atoms with Crippen molar-refractivity contribution >= 4 is 11.6 Å². The predicted octanol–water partition coefficient (Wildman–Crippen LogP) is 2.51. The smallest absolute Gasteiger partial charge is 0.125 e. The fourth-order valence-electron chi connectivity index (χ4n) is 2.17. The zero-order valence-electron chi connectivity index (χ0n) is 8.92. The molecular weight excluding hydrogens is 229 g/mol. The lowest BCUT2D eigenvalue weighted by atomic mass is 9.89. The molecule has 2 rings (SSSR count). The molecule has 1 unspecified atom stereocenters. The van der Waals surface area contributed by atoms with E-state index in [1.165, 1.54) is 12.1 Å². The molecule has 1 aromatic rings. The van der Waals surface area contributed by atoms with Gasteiger partial charge in [0.25, 0.3) is 0 Å². The lowest BCUT2D eigenvalue weighted by Gasteiger charge is -2.27. The number of piperidine rings is 1. The van der Waals surface area contributed by atoms with Gasteiger partial charge in [-0.1, -0.05) is 11.6 Å². The summed E-state index contributed by atoms with van der Waals surface area (Å²) in [5.74, 6) is -0.253. The first-order valence-electron chi connectivity index (χ1n) is 5.51. The van der Waals surface area contributed by atoms with Gasteiger partial charge in [0.05, 0.1) is 6.10 Å². The average Bonchev–Trinajstić information content (AvgIpc) is 2.28. The molecule has 1 saturated heterocycles. The molecular formula is C12H15ClFNO. The fourth-order valence-corrected chi connectivity index (χ4v) is 2.40. The summed E-state index contributed by atoms with van der Waals surface area (Å²) in [7, 11) is 0. The van der Waals surface area contributed by atoms with E-state index in [-0.39, 0.29) is 5.92 Å². The summed E-state index contributed by atoms with van der Waals surface area (Å²) >= 11 is 5.77. The van der Waals surface area contributed by atoms with E-state index in [1.807, 2.05) is 0 Å². The van der Waals surface area contributed by atoms with Crippen molar-refractivity contribution in [3.63, 3.8) is 0 Å². The van der Waals surface area contributed by atoms with Gasteiger partial charge in [-0.3, -0.25) is 0 Å². The monoisotopic (exact) mass is 243 g/mol. The van der Waals surface area contributed by atoms with Crippen LogP contribution in [0.1, 0.15) is 24.5 Å². The minimum Gasteiger partial charge on any atom is -0.388 e. The van der Waals surface area contributed by atoms with Crippen LogP contribution in [0.3, 0.4) is 0 Å². The van der Waals surface area contributed by atoms with Gasteiger partial charge in [0, 0.05) is 17.5 Å². The van der Waals surface area contributed by atoms with Gasteiger partial charge in [-0.25, -0.2) is 4.39 Å². The van der Waals surface area contributed by atoms with Gasteiger partial charge in [-0.2, -0.15) is 0 Å². The van der Waals surface area contributed by atoms with Crippen LogP contribution in [-0.2, 0) is 0 Å². The minimum absolute atomic E-state index is 0.145. The Balaban J connectivity index is 2.15. The third kappa shape index (κ3) is 2.73. The standard InChI is InChI=1S/C12H15ClFNO/c13-10-4-9(5-11(14)6-10)12(16)8-2-1-3-15-7-8/h4-6,8,12,15-16H,1-3,7H2/t8?,12-/m1/s1. The summed E-state index contributed by atoms with van der Waals surface area (Å²) in [6.07, 6.45) is 1.37. The molecule has 16 heavy (non-hydrogen) atoms. The summed E-state index contributed by atoms with van der Waals surface area (Å²) in [4.78, 5) is 0. The van der Waals surface area contributed by atoms with Crippen LogP contribution in [0.5, 0.6) is 0 Å². The third-order valence-electron chi connectivity index (χ3n) is 3.01. The SMILES string of the molecule is O[C@@H](c1cc(F)cc(Cl)c1)C1CCCNC1. The van der Waals surface area contributed by atoms with Crippen LogP contribution in [0, 0.1) is 11.7 Å². The van der Waals surface area contributed by atoms with Crippen LogP contribution >= 0.6 is 11.6 Å². The van der Waals surface area contributed by atoms with Crippen molar-refractivity contribution < 1.29 is 9.50 Å². The number of hydrogen-bond acceptors (Lipinski definition) is 2. The molecule has 4 heteroatoms. The molecule has 88 valence electrons. The van der Waals surface area contributed by atoms with Crippen LogP contribution < -0.4 is 5.32 Å². The lowest BCUT2D eigenvalue weighted by molar-refractivity contribution is 0.0919. The molecule has 2 N–H and O–H groups in total. The van der Waals surface area contributed by atoms with Crippen LogP contribution in [0.2, 0.25) is 5.02 Å². The molecule has 1 heterocycles. The summed E-state index contributed by atoms with van der Waals surface area (Å²) in [6.45, 7) is 1.77. The van der Waals surface area contributed by atoms with Crippen LogP contribution in [0.25, 0.3) is 0 Å². The molecule has 0 aliphatic carbocycles. The highest BCUT2D eigenvalue weighted by atomic mass is 35.5. The topological polar surface area (TPSA) is 32.3 Å². The first-order valence-corrected chi connectivity index (χ1v) is 5.89. The normalized spacial score (nSPS) is 23.1. The number of aliphatic hydroxyl groups excluding tert-OH is 1. The maximum Gasteiger partial charge on any atom is 0.125 e. The van der Waals surface area contributed by atoms with Crippen molar-refractivity contribution in [2.45, 2.75) is 18.9 Å². The number of halogens is 2. The van der Waals surface area contributed by atoms with E-state index >= 15 is 0 Å². The highest BCUT2D eigenvalue weighted by Crippen LogP contribution is 2.29. The molecule has 0 saturated carbocycles. The van der Waals surface area contributed by atoms with Gasteiger partial charge < -0.3 is 10.4 Å². The largest absolute Gasteiger partial charge is 0.388 e. The number of rotatable bonds is 2. The van der Waals surface area contributed by atoms with E-state index in [0.717, 1.165) is 25.9 Å². The summed E-state index contributed by atoms with van der Waals surface area (Å²) in [5.41, 5.74) is 0.568. The van der Waals surface area contributed by atoms with E-state index in [9.17, 15) is 9.50 Å². The Kier molecular flexibility index (Phi) is 3.79. The van der Waals surface area contributed by atoms with Crippen LogP contribution in [0.15, 0.2) is 18.2 Å². The van der Waals surface area contributed by atoms with Crippen LogP contribution in [0.4, 0.5) is 4.39 Å². The summed E-state index contributed by atoms with van der Waals surface area (Å²) in [6, 6.07) is 4.23. The molecule has 2 atom stereocenters. The van der Waals surface area contributed by atoms with Gasteiger partial charge in [0.1, 0.15) is 5.82 Å². The maximum absolute atomic E-state index is 13.1. The molecule has 1 fully saturated rings. The van der Waals surface area contributed by atoms with Crippen molar-refractivity contribution in [2.75, 3.05) is 13.1 Å². The number of benzene rings is 1. The fraction of sp³-hybridized carbons (Fsp3) is 0.500. The van der Waals surface area contributed by atoms with Crippen LogP contribution in [-0.4, -0.2) is 18.2 Å². The Morgan fingerprint density at radius 2 is 2.25 bits per heavy atom. The lowest BCUT2D eigenvalue weighted by Crippen LogP contribution is -2.33. The quantitative estimate of drug-likeness (QED) is 0.837. The van der Waals surface area contributed by atoms with E-state index in [1.54, 1.807) is 6.07 Å². The molecule has 1 aliphatic heterocycles. The number of aliphatic hydroxyl groups is 1. The molecule has 0 amide bonds. The van der Waals surface area contributed by atoms with E-state index in [2.05, 4.69) is 5.32 Å². The van der Waals surface area contributed by atoms with Gasteiger partial charge in [-0.15, -0.1) is 0 Å². The zero-order valence-corrected chi connectivity index (χ0v) is 9.67. The first-order chi connectivity index (χ1) is 7.66. The van der Waals surface area contributed by atoms with Crippen molar-refractivity contribution in [3.05, 3.63) is 34.6 Å². The van der Waals surface area contributed by atoms with Crippen molar-refractivity contribution in [2.24, 2.45) is 5.92 Å². The van der Waals surface area contributed by atoms with Crippen molar-refractivity contribution in [1.82, 2.24) is 5.32 Å². The van der Waals surface area contributed by atoms with Gasteiger partial charge in [0.15, 0.2) is 0 Å². The van der Waals surface area contributed by atoms with Gasteiger partial charge in [0.2, 0.25) is 0 Å². The number of hydrogen-bond donors (Lipinski definition) is 2. The Bertz CT molecular complexity index is 346. The van der Waals surface area contributed by atoms with Crippen molar-refractivity contribution in [3.8, 4) is 0 Å². The van der Waals surface area contributed by atoms with E-state index in [0.29, 0.717) is 10.6 Å². The Labute approximate surface area is 99.4 Å². The highest BCUT2D eigenvalue weighted by Gasteiger charge is 2.23. The van der Waals surface area contributed by atoms with Crippen molar-refractivity contribution in [1.29, 1.82) is 0 Å². The van der Waals surface area contributed by atoms with Gasteiger partial charge in [-0.05, 0) is 43.1 Å². The third-order valence-corrected chi connectivity index (χ3v) is 3.23. The molecule has 1 aliphatic rings. The first kappa shape index (κ1) is 11.8. The molecule has 0 spiro atoms. The Hall–Kier alpha value is -0.640. The molecule has 0 aromatic heterocycles. The van der Waals surface area contributed by atoms with E-state index in [4.69, 9.17) is 11.6 Å². The second-order valence-corrected chi connectivity index (χ2v) is 4.69. The summed E-state index contributed by atoms with van der Waals surface area (Å²) in [5, 5.41) is 13.7. The average molecular weight is 244 g/mol. The Morgan fingerprint density at radius 1 is 1.44 bits per heavy atom. The van der Waals surface area contributed by atoms with Gasteiger partial charge >= 0.3 is 0 Å². The molecule has 0 radical (unpaired) electrons. The minimum atomic E-state index is -0.638. The van der Waals surface area contributed by atoms with E-state index < -0.39 is 11.9 Å². The highest BCUT2D eigenvalue weighted by molar-refractivity contribution is 6.30. The second-order valence-electron chi connectivity index (χ2n) is 4.25. The molecule has 1 aromatic carbocycles. The molecule has 0 bridgehead atoms. The number of nitrogens with one attached hydrogen (secondary N) is 1. The summed E-state index contributed by atoms with van der Waals surface area (Å²) < 4.78 is 13.1. The Morgan fingerprint density at radius 3 is 2.88 bits per heavy atom. The second kappa shape index (κ2) is 5.13. The maximum atomic E-state index is 13.1. The zero-order chi connectivity index (χ0) is 11.5. The predicted molar refractivity (Wildman–Crippen MR) is 62.0 cm³/mol. The molecule has 2 nitrogen and oxygen atoms in total.